The van der Waals surface area contributed by atoms with Crippen LogP contribution in [0.4, 0.5) is 0 Å². The fraction of sp³-hybridized carbons (Fsp3) is 0.609. The Bertz CT molecular complexity index is 649. The number of hydrogen-bond donors (Lipinski definition) is 1. The second-order valence-corrected chi connectivity index (χ2v) is 8.22. The molecule has 156 valence electrons. The zero-order valence-corrected chi connectivity index (χ0v) is 17.9. The van der Waals surface area contributed by atoms with Crippen molar-refractivity contribution in [2.45, 2.75) is 51.5 Å². The molecule has 0 atom stereocenters. The first-order chi connectivity index (χ1) is 13.4. The topological polar surface area (TPSA) is 53.0 Å². The number of amides is 1. The molecule has 1 aromatic carbocycles. The Balaban J connectivity index is 2.04. The van der Waals surface area contributed by atoms with Crippen LogP contribution in [-0.4, -0.2) is 61.2 Å². The van der Waals surface area contributed by atoms with Gasteiger partial charge in [0.15, 0.2) is 11.5 Å². The number of rotatable bonds is 9. The Labute approximate surface area is 170 Å². The smallest absolute Gasteiger partial charge is 0.246 e. The van der Waals surface area contributed by atoms with Crippen molar-refractivity contribution in [2.24, 2.45) is 5.92 Å². The highest BCUT2D eigenvalue weighted by atomic mass is 16.5. The van der Waals surface area contributed by atoms with E-state index in [4.69, 9.17) is 4.74 Å². The number of benzene rings is 1. The number of carbonyl (C=O) groups is 1. The number of carbonyl (C=O) groups excluding carboxylic acids is 1. The summed E-state index contributed by atoms with van der Waals surface area (Å²) in [5.41, 5.74) is 0.841. The number of nitrogens with zero attached hydrogens (tertiary/aromatic N) is 2. The van der Waals surface area contributed by atoms with E-state index in [9.17, 15) is 9.90 Å². The molecule has 1 aliphatic carbocycles. The summed E-state index contributed by atoms with van der Waals surface area (Å²) >= 11 is 0. The normalized spacial score (nSPS) is 19.9. The van der Waals surface area contributed by atoms with Gasteiger partial charge in [0.2, 0.25) is 5.91 Å². The van der Waals surface area contributed by atoms with E-state index in [1.165, 1.54) is 20.0 Å². The summed E-state index contributed by atoms with van der Waals surface area (Å²) in [6, 6.07) is 5.46. The summed E-state index contributed by atoms with van der Waals surface area (Å²) in [6.45, 7) is 4.17. The lowest BCUT2D eigenvalue weighted by molar-refractivity contribution is -0.129. The largest absolute Gasteiger partial charge is 0.504 e. The van der Waals surface area contributed by atoms with Crippen LogP contribution in [-0.2, 0) is 4.79 Å². The van der Waals surface area contributed by atoms with Crippen LogP contribution in [0, 0.1) is 5.92 Å². The third kappa shape index (κ3) is 6.86. The maximum Gasteiger partial charge on any atom is 0.246 e. The van der Waals surface area contributed by atoms with E-state index < -0.39 is 0 Å². The van der Waals surface area contributed by atoms with Crippen molar-refractivity contribution in [3.63, 3.8) is 0 Å². The van der Waals surface area contributed by atoms with Gasteiger partial charge in [0.1, 0.15) is 0 Å². The number of ether oxygens (including phenoxy) is 1. The molecule has 5 nitrogen and oxygen atoms in total. The molecule has 0 unspecified atom stereocenters. The third-order valence-electron chi connectivity index (χ3n) is 5.59. The van der Waals surface area contributed by atoms with Gasteiger partial charge in [0.05, 0.1) is 7.11 Å². The van der Waals surface area contributed by atoms with E-state index in [0.717, 1.165) is 50.3 Å². The van der Waals surface area contributed by atoms with Gasteiger partial charge in [0, 0.05) is 18.7 Å². The highest BCUT2D eigenvalue weighted by molar-refractivity contribution is 5.92. The summed E-state index contributed by atoms with van der Waals surface area (Å²) in [5, 5.41) is 9.72. The Hall–Kier alpha value is -2.01. The van der Waals surface area contributed by atoms with Crippen LogP contribution in [0.2, 0.25) is 0 Å². The molecule has 1 aromatic rings. The van der Waals surface area contributed by atoms with Crippen molar-refractivity contribution in [3.05, 3.63) is 29.8 Å². The predicted octanol–water partition coefficient (Wildman–Crippen LogP) is 4.16. The van der Waals surface area contributed by atoms with Gasteiger partial charge in [-0.25, -0.2) is 0 Å². The van der Waals surface area contributed by atoms with Crippen LogP contribution in [0.25, 0.3) is 6.08 Å². The molecule has 2 rings (SSSR count). The number of unbranched alkanes of at least 4 members (excludes halogenated alkanes) is 1. The van der Waals surface area contributed by atoms with Crippen molar-refractivity contribution in [1.82, 2.24) is 9.80 Å². The predicted molar refractivity (Wildman–Crippen MR) is 115 cm³/mol. The first-order valence-corrected chi connectivity index (χ1v) is 10.4. The fourth-order valence-electron chi connectivity index (χ4n) is 3.80. The minimum Gasteiger partial charge on any atom is -0.504 e. The first-order valence-electron chi connectivity index (χ1n) is 10.4. The highest BCUT2D eigenvalue weighted by Crippen LogP contribution is 2.29. The SMILES string of the molecule is COc1cc(C=CC(=O)N(CCCCN(C)C)C2CCC(C)CC2)ccc1O. The molecule has 1 aliphatic rings. The molecular formula is C23H36N2O3. The Kier molecular flexibility index (Phi) is 8.84. The van der Waals surface area contributed by atoms with Crippen molar-refractivity contribution >= 4 is 12.0 Å². The maximum atomic E-state index is 13.0. The minimum atomic E-state index is 0.0800. The van der Waals surface area contributed by atoms with Gasteiger partial charge < -0.3 is 19.6 Å². The summed E-state index contributed by atoms with van der Waals surface area (Å²) in [5.74, 6) is 1.36. The van der Waals surface area contributed by atoms with E-state index in [2.05, 4.69) is 30.8 Å². The van der Waals surface area contributed by atoms with Crippen LogP contribution in [0.15, 0.2) is 24.3 Å². The molecule has 1 fully saturated rings. The zero-order chi connectivity index (χ0) is 20.5. The van der Waals surface area contributed by atoms with Crippen LogP contribution < -0.4 is 4.74 Å². The molecular weight excluding hydrogens is 352 g/mol. The maximum absolute atomic E-state index is 13.0. The average molecular weight is 389 g/mol. The molecule has 0 radical (unpaired) electrons. The quantitative estimate of drug-likeness (QED) is 0.510. The lowest BCUT2D eigenvalue weighted by atomic mass is 9.86. The number of phenolic OH excluding ortho intramolecular Hbond substituents is 1. The van der Waals surface area contributed by atoms with Crippen LogP contribution >= 0.6 is 0 Å². The van der Waals surface area contributed by atoms with Gasteiger partial charge in [-0.1, -0.05) is 13.0 Å². The number of phenols is 1. The van der Waals surface area contributed by atoms with Crippen LogP contribution in [0.5, 0.6) is 11.5 Å². The second-order valence-electron chi connectivity index (χ2n) is 8.22. The summed E-state index contributed by atoms with van der Waals surface area (Å²) in [7, 11) is 5.69. The summed E-state index contributed by atoms with van der Waals surface area (Å²) in [6.07, 6.45) is 10.2. The highest BCUT2D eigenvalue weighted by Gasteiger charge is 2.26. The summed E-state index contributed by atoms with van der Waals surface area (Å²) in [4.78, 5) is 17.3. The van der Waals surface area contributed by atoms with Crippen LogP contribution in [0.1, 0.15) is 51.0 Å². The summed E-state index contributed by atoms with van der Waals surface area (Å²) < 4.78 is 5.15. The lowest BCUT2D eigenvalue weighted by Crippen LogP contribution is -2.42. The molecule has 0 spiro atoms. The molecule has 0 saturated heterocycles. The number of methoxy groups -OCH3 is 1. The number of aromatic hydroxyl groups is 1. The van der Waals surface area contributed by atoms with E-state index in [0.29, 0.717) is 11.8 Å². The van der Waals surface area contributed by atoms with Crippen molar-refractivity contribution in [2.75, 3.05) is 34.3 Å². The lowest BCUT2D eigenvalue weighted by Gasteiger charge is -2.36. The monoisotopic (exact) mass is 388 g/mol. The van der Waals surface area contributed by atoms with E-state index in [1.807, 2.05) is 6.08 Å². The molecule has 0 aliphatic heterocycles. The minimum absolute atomic E-state index is 0.0800. The molecule has 0 aromatic heterocycles. The second kappa shape index (κ2) is 11.1. The fourth-order valence-corrected chi connectivity index (χ4v) is 3.80. The molecule has 5 heteroatoms. The molecule has 1 saturated carbocycles. The van der Waals surface area contributed by atoms with Gasteiger partial charge >= 0.3 is 0 Å². The van der Waals surface area contributed by atoms with Gasteiger partial charge in [-0.15, -0.1) is 0 Å². The molecule has 1 N–H and O–H groups in total. The van der Waals surface area contributed by atoms with Gasteiger partial charge in [-0.05, 0) is 88.9 Å². The van der Waals surface area contributed by atoms with Crippen molar-refractivity contribution < 1.29 is 14.6 Å². The molecule has 0 bridgehead atoms. The van der Waals surface area contributed by atoms with E-state index >= 15 is 0 Å². The van der Waals surface area contributed by atoms with Gasteiger partial charge in [-0.2, -0.15) is 0 Å². The first kappa shape index (κ1) is 22.3. The van der Waals surface area contributed by atoms with Gasteiger partial charge in [0.25, 0.3) is 0 Å². The number of hydrogen-bond acceptors (Lipinski definition) is 4. The standard InChI is InChI=1S/C23H36N2O3/c1-18-7-11-20(12-8-18)25(16-6-5-15-24(2)3)23(27)14-10-19-9-13-21(26)22(17-19)28-4/h9-10,13-14,17-18,20,26H,5-8,11-12,15-16H2,1-4H3. The van der Waals surface area contributed by atoms with Crippen LogP contribution in [0.3, 0.4) is 0 Å². The van der Waals surface area contributed by atoms with Gasteiger partial charge in [-0.3, -0.25) is 4.79 Å². The Morgan fingerprint density at radius 2 is 1.86 bits per heavy atom. The molecule has 1 amide bonds. The van der Waals surface area contributed by atoms with E-state index in [1.54, 1.807) is 24.3 Å². The average Bonchev–Trinajstić information content (AvgIpc) is 2.68. The van der Waals surface area contributed by atoms with E-state index in [-0.39, 0.29) is 11.7 Å². The Morgan fingerprint density at radius 3 is 2.50 bits per heavy atom. The molecule has 0 heterocycles. The zero-order valence-electron chi connectivity index (χ0n) is 17.9. The third-order valence-corrected chi connectivity index (χ3v) is 5.59. The van der Waals surface area contributed by atoms with Crippen molar-refractivity contribution in [1.29, 1.82) is 0 Å². The van der Waals surface area contributed by atoms with Crippen molar-refractivity contribution in [3.8, 4) is 11.5 Å². The Morgan fingerprint density at radius 1 is 1.18 bits per heavy atom. The molecule has 28 heavy (non-hydrogen) atoms.